The summed E-state index contributed by atoms with van der Waals surface area (Å²) in [7, 11) is 0. The first-order chi connectivity index (χ1) is 8.97. The Balaban J connectivity index is 2.15. The number of rotatable bonds is 3. The van der Waals surface area contributed by atoms with Crippen LogP contribution in [0.15, 0.2) is 17.6 Å². The lowest BCUT2D eigenvalue weighted by Crippen LogP contribution is -2.27. The molecule has 7 heteroatoms. The molecule has 0 bridgehead atoms. The van der Waals surface area contributed by atoms with Crippen molar-refractivity contribution in [3.8, 4) is 0 Å². The van der Waals surface area contributed by atoms with E-state index in [2.05, 4.69) is 15.3 Å². The predicted molar refractivity (Wildman–Crippen MR) is 77.0 cm³/mol. The van der Waals surface area contributed by atoms with Gasteiger partial charge in [0.2, 0.25) is 0 Å². The van der Waals surface area contributed by atoms with Crippen molar-refractivity contribution >= 4 is 40.4 Å². The molecule has 2 heterocycles. The average Bonchev–Trinajstić information content (AvgIpc) is 2.79. The van der Waals surface area contributed by atoms with E-state index in [1.165, 1.54) is 23.6 Å². The lowest BCUT2D eigenvalue weighted by molar-refractivity contribution is 0.0940. The van der Waals surface area contributed by atoms with Crippen molar-refractivity contribution in [2.24, 2.45) is 0 Å². The van der Waals surface area contributed by atoms with Crippen molar-refractivity contribution in [2.45, 2.75) is 19.9 Å². The number of thiazole rings is 1. The summed E-state index contributed by atoms with van der Waals surface area (Å²) in [5.74, 6) is -0.297. The molecule has 0 aliphatic rings. The standard InChI is InChI=1S/C12H11Cl2N3OS/c1-6-5-19-12(16-6)7(2)17-11(18)8-3-10(14)15-4-9(8)13/h3-5,7H,1-2H3,(H,17,18). The highest BCUT2D eigenvalue weighted by atomic mass is 35.5. The highest BCUT2D eigenvalue weighted by Gasteiger charge is 2.16. The predicted octanol–water partition coefficient (Wildman–Crippen LogP) is 3.64. The zero-order valence-corrected chi connectivity index (χ0v) is 12.6. The van der Waals surface area contributed by atoms with Crippen molar-refractivity contribution in [3.63, 3.8) is 0 Å². The van der Waals surface area contributed by atoms with E-state index < -0.39 is 0 Å². The molecule has 1 N–H and O–H groups in total. The second kappa shape index (κ2) is 5.86. The van der Waals surface area contributed by atoms with E-state index in [-0.39, 0.29) is 22.1 Å². The molecule has 0 saturated carbocycles. The summed E-state index contributed by atoms with van der Waals surface area (Å²) in [6.45, 7) is 3.78. The van der Waals surface area contributed by atoms with Crippen LogP contribution in [0.1, 0.15) is 34.0 Å². The van der Waals surface area contributed by atoms with Gasteiger partial charge in [0.15, 0.2) is 0 Å². The summed E-state index contributed by atoms with van der Waals surface area (Å²) < 4.78 is 0. The van der Waals surface area contributed by atoms with Crippen LogP contribution in [0.3, 0.4) is 0 Å². The minimum absolute atomic E-state index is 0.186. The van der Waals surface area contributed by atoms with E-state index in [4.69, 9.17) is 23.2 Å². The Labute approximate surface area is 124 Å². The van der Waals surface area contributed by atoms with Crippen LogP contribution in [-0.4, -0.2) is 15.9 Å². The number of nitrogens with zero attached hydrogens (tertiary/aromatic N) is 2. The molecule has 100 valence electrons. The Hall–Kier alpha value is -1.17. The molecule has 0 saturated heterocycles. The van der Waals surface area contributed by atoms with Gasteiger partial charge in [0.1, 0.15) is 10.2 Å². The Morgan fingerprint density at radius 1 is 1.47 bits per heavy atom. The third-order valence-corrected chi connectivity index (χ3v) is 4.07. The Bertz CT molecular complexity index is 615. The maximum absolute atomic E-state index is 12.1. The first kappa shape index (κ1) is 14.2. The number of nitrogens with one attached hydrogen (secondary N) is 1. The van der Waals surface area contributed by atoms with E-state index in [1.54, 1.807) is 0 Å². The van der Waals surface area contributed by atoms with Crippen LogP contribution >= 0.6 is 34.5 Å². The van der Waals surface area contributed by atoms with Crippen molar-refractivity contribution in [2.75, 3.05) is 0 Å². The number of carbonyl (C=O) groups is 1. The number of hydrogen-bond donors (Lipinski definition) is 1. The Morgan fingerprint density at radius 2 is 2.21 bits per heavy atom. The largest absolute Gasteiger partial charge is 0.343 e. The number of carbonyl (C=O) groups excluding carboxylic acids is 1. The van der Waals surface area contributed by atoms with E-state index in [0.29, 0.717) is 5.56 Å². The Morgan fingerprint density at radius 3 is 2.84 bits per heavy atom. The van der Waals surface area contributed by atoms with Gasteiger partial charge in [-0.3, -0.25) is 4.79 Å². The second-order valence-corrected chi connectivity index (χ2v) is 5.69. The molecule has 0 aliphatic heterocycles. The third-order valence-electron chi connectivity index (χ3n) is 2.42. The number of halogens is 2. The topological polar surface area (TPSA) is 54.9 Å². The van der Waals surface area contributed by atoms with Crippen molar-refractivity contribution in [1.29, 1.82) is 0 Å². The Kier molecular flexibility index (Phi) is 4.39. The van der Waals surface area contributed by atoms with Gasteiger partial charge in [-0.05, 0) is 19.9 Å². The van der Waals surface area contributed by atoms with Crippen molar-refractivity contribution in [1.82, 2.24) is 15.3 Å². The molecule has 0 spiro atoms. The van der Waals surface area contributed by atoms with Crippen LogP contribution in [0, 0.1) is 6.92 Å². The number of aryl methyl sites for hydroxylation is 1. The highest BCUT2D eigenvalue weighted by Crippen LogP contribution is 2.21. The summed E-state index contributed by atoms with van der Waals surface area (Å²) in [5, 5.41) is 6.12. The lowest BCUT2D eigenvalue weighted by atomic mass is 10.2. The van der Waals surface area contributed by atoms with Crippen LogP contribution in [0.5, 0.6) is 0 Å². The molecule has 1 atom stereocenters. The lowest BCUT2D eigenvalue weighted by Gasteiger charge is -2.12. The first-order valence-electron chi connectivity index (χ1n) is 5.51. The number of amides is 1. The number of pyridine rings is 1. The summed E-state index contributed by atoms with van der Waals surface area (Å²) in [5.41, 5.74) is 1.24. The average molecular weight is 316 g/mol. The number of aromatic nitrogens is 2. The van der Waals surface area contributed by atoms with Crippen LogP contribution in [0.2, 0.25) is 10.2 Å². The van der Waals surface area contributed by atoms with Gasteiger partial charge in [-0.25, -0.2) is 9.97 Å². The van der Waals surface area contributed by atoms with E-state index in [1.807, 2.05) is 19.2 Å². The SMILES string of the molecule is Cc1csc(C(C)NC(=O)c2cc(Cl)ncc2Cl)n1. The van der Waals surface area contributed by atoms with Gasteiger partial charge in [-0.15, -0.1) is 11.3 Å². The fraction of sp³-hybridized carbons (Fsp3) is 0.250. The van der Waals surface area contributed by atoms with Gasteiger partial charge >= 0.3 is 0 Å². The molecule has 1 unspecified atom stereocenters. The smallest absolute Gasteiger partial charge is 0.253 e. The normalized spacial score (nSPS) is 12.2. The molecule has 0 fully saturated rings. The number of hydrogen-bond acceptors (Lipinski definition) is 4. The molecule has 0 aliphatic carbocycles. The van der Waals surface area contributed by atoms with Crippen molar-refractivity contribution in [3.05, 3.63) is 44.1 Å². The molecule has 2 aromatic rings. The first-order valence-corrected chi connectivity index (χ1v) is 7.15. The molecule has 2 rings (SSSR count). The van der Waals surface area contributed by atoms with E-state index in [9.17, 15) is 4.79 Å². The van der Waals surface area contributed by atoms with Gasteiger partial charge in [-0.2, -0.15) is 0 Å². The minimum Gasteiger partial charge on any atom is -0.343 e. The van der Waals surface area contributed by atoms with E-state index in [0.717, 1.165) is 10.7 Å². The maximum Gasteiger partial charge on any atom is 0.253 e. The fourth-order valence-electron chi connectivity index (χ4n) is 1.49. The maximum atomic E-state index is 12.1. The van der Waals surface area contributed by atoms with Crippen LogP contribution in [-0.2, 0) is 0 Å². The van der Waals surface area contributed by atoms with Crippen molar-refractivity contribution < 1.29 is 4.79 Å². The van der Waals surface area contributed by atoms with Gasteiger partial charge in [0.25, 0.3) is 5.91 Å². The summed E-state index contributed by atoms with van der Waals surface area (Å²) in [6.07, 6.45) is 1.36. The zero-order chi connectivity index (χ0) is 14.0. The summed E-state index contributed by atoms with van der Waals surface area (Å²) in [4.78, 5) is 20.2. The monoisotopic (exact) mass is 315 g/mol. The highest BCUT2D eigenvalue weighted by molar-refractivity contribution is 7.09. The minimum atomic E-state index is -0.297. The summed E-state index contributed by atoms with van der Waals surface area (Å²) >= 11 is 13.2. The molecule has 19 heavy (non-hydrogen) atoms. The van der Waals surface area contributed by atoms with Crippen LogP contribution in [0.4, 0.5) is 0 Å². The third kappa shape index (κ3) is 3.43. The second-order valence-electron chi connectivity index (χ2n) is 4.01. The zero-order valence-electron chi connectivity index (χ0n) is 10.3. The van der Waals surface area contributed by atoms with Gasteiger partial charge < -0.3 is 5.32 Å². The fourth-order valence-corrected chi connectivity index (χ4v) is 2.65. The van der Waals surface area contributed by atoms with E-state index >= 15 is 0 Å². The van der Waals surface area contributed by atoms with Crippen LogP contribution in [0.25, 0.3) is 0 Å². The van der Waals surface area contributed by atoms with Crippen LogP contribution < -0.4 is 5.32 Å². The molecule has 0 radical (unpaired) electrons. The summed E-state index contributed by atoms with van der Waals surface area (Å²) in [6, 6.07) is 1.26. The molecular formula is C12H11Cl2N3OS. The van der Waals surface area contributed by atoms with Gasteiger partial charge in [0, 0.05) is 17.3 Å². The molecule has 0 aromatic carbocycles. The molecular weight excluding hydrogens is 305 g/mol. The molecule has 1 amide bonds. The van der Waals surface area contributed by atoms with Gasteiger partial charge in [0.05, 0.1) is 16.6 Å². The molecule has 4 nitrogen and oxygen atoms in total. The quantitative estimate of drug-likeness (QED) is 0.880. The van der Waals surface area contributed by atoms with Gasteiger partial charge in [-0.1, -0.05) is 23.2 Å². The molecule has 2 aromatic heterocycles.